The zero-order chi connectivity index (χ0) is 34.4. The molecule has 5 rings (SSSR count). The number of aromatic nitrogens is 2. The van der Waals surface area contributed by atoms with Crippen LogP contribution in [0.3, 0.4) is 0 Å². The van der Waals surface area contributed by atoms with Crippen LogP contribution in [-0.2, 0) is 49.7 Å². The minimum absolute atomic E-state index is 0.0248. The van der Waals surface area contributed by atoms with Crippen LogP contribution in [0.5, 0.6) is 0 Å². The lowest BCUT2D eigenvalue weighted by molar-refractivity contribution is -0.137. The molecule has 1 heterocycles. The number of aryl methyl sites for hydroxylation is 2. The molecule has 0 radical (unpaired) electrons. The normalized spacial score (nSPS) is 12.8. The van der Waals surface area contributed by atoms with E-state index in [0.29, 0.717) is 62.3 Å². The number of nitrogens with zero attached hydrogens (tertiary/aromatic N) is 4. The Morgan fingerprint density at radius 2 is 1.54 bits per heavy atom. The first-order chi connectivity index (χ1) is 23.0. The zero-order valence-corrected chi connectivity index (χ0v) is 27.9. The quantitative estimate of drug-likeness (QED) is 0.138. The van der Waals surface area contributed by atoms with Crippen LogP contribution in [0.2, 0.25) is 5.02 Å². The van der Waals surface area contributed by atoms with Gasteiger partial charge in [0.05, 0.1) is 10.6 Å². The highest BCUT2D eigenvalue weighted by Crippen LogP contribution is 2.31. The second-order valence-corrected chi connectivity index (χ2v) is 12.5. The number of likely N-dealkylation sites (N-methyl/N-ethyl adjacent to an activating group) is 1. The molecule has 4 aromatic rings. The molecule has 1 amide bonds. The first kappa shape index (κ1) is 35.3. The van der Waals surface area contributed by atoms with Crippen molar-refractivity contribution in [3.05, 3.63) is 122 Å². The lowest BCUT2D eigenvalue weighted by Crippen LogP contribution is -2.40. The average Bonchev–Trinajstić information content (AvgIpc) is 3.57. The van der Waals surface area contributed by atoms with Gasteiger partial charge in [-0.1, -0.05) is 67.9 Å². The van der Waals surface area contributed by atoms with E-state index in [0.717, 1.165) is 54.0 Å². The van der Waals surface area contributed by atoms with Crippen LogP contribution in [0, 0.1) is 5.82 Å². The van der Waals surface area contributed by atoms with Crippen LogP contribution >= 0.6 is 11.6 Å². The van der Waals surface area contributed by atoms with E-state index in [1.807, 2.05) is 33.7 Å². The van der Waals surface area contributed by atoms with E-state index >= 15 is 0 Å². The van der Waals surface area contributed by atoms with E-state index < -0.39 is 17.6 Å². The smallest absolute Gasteiger partial charge is 0.336 e. The molecule has 0 bridgehead atoms. The van der Waals surface area contributed by atoms with Gasteiger partial charge in [-0.2, -0.15) is 18.2 Å². The standard InChI is InChI=1S/C37H39ClF4N4O2/c1-3-44(4-2)20-21-45(23-26-8-12-27(13-9-26)28-14-16-29(17-15-28)37(40,41)42)35(47)24-46-33-7-5-6-30(33)36(48)43-34(46)19-11-25-10-18-32(39)31(38)22-25/h8-10,12-18,22H,3-7,11,19-21,23-24H2,1-2H3. The molecule has 0 atom stereocenters. The molecule has 3 aromatic carbocycles. The third-order valence-electron chi connectivity index (χ3n) is 9.04. The Balaban J connectivity index is 1.38. The van der Waals surface area contributed by atoms with E-state index in [2.05, 4.69) is 23.7 Å². The summed E-state index contributed by atoms with van der Waals surface area (Å²) in [6.07, 6.45) is -1.43. The van der Waals surface area contributed by atoms with Gasteiger partial charge in [0.2, 0.25) is 5.91 Å². The molecule has 11 heteroatoms. The van der Waals surface area contributed by atoms with Gasteiger partial charge in [-0.3, -0.25) is 9.59 Å². The summed E-state index contributed by atoms with van der Waals surface area (Å²) in [6, 6.07) is 17.1. The number of hydrogen-bond acceptors (Lipinski definition) is 4. The van der Waals surface area contributed by atoms with Crippen molar-refractivity contribution in [1.29, 1.82) is 0 Å². The highest BCUT2D eigenvalue weighted by Gasteiger charge is 2.30. The number of amides is 1. The number of hydrogen-bond donors (Lipinski definition) is 0. The number of benzene rings is 3. The molecule has 0 spiro atoms. The average molecular weight is 683 g/mol. The lowest BCUT2D eigenvalue weighted by atomic mass is 10.0. The first-order valence-electron chi connectivity index (χ1n) is 16.3. The third-order valence-corrected chi connectivity index (χ3v) is 9.33. The van der Waals surface area contributed by atoms with Gasteiger partial charge in [0.25, 0.3) is 5.56 Å². The van der Waals surface area contributed by atoms with Gasteiger partial charge in [-0.25, -0.2) is 4.39 Å². The predicted octanol–water partition coefficient (Wildman–Crippen LogP) is 7.37. The van der Waals surface area contributed by atoms with Gasteiger partial charge in [-0.15, -0.1) is 0 Å². The Labute approximate surface area is 283 Å². The molecule has 1 aliphatic rings. The Hall–Kier alpha value is -4.02. The summed E-state index contributed by atoms with van der Waals surface area (Å²) in [5, 5.41) is 0.0261. The second kappa shape index (κ2) is 15.5. The molecule has 0 aliphatic heterocycles. The predicted molar refractivity (Wildman–Crippen MR) is 179 cm³/mol. The van der Waals surface area contributed by atoms with Gasteiger partial charge in [0, 0.05) is 37.3 Å². The number of carbonyl (C=O) groups excluding carboxylic acids is 1. The molecular weight excluding hydrogens is 644 g/mol. The summed E-state index contributed by atoms with van der Waals surface area (Å²) in [6.45, 7) is 7.37. The molecule has 0 fully saturated rings. The minimum atomic E-state index is -4.40. The molecule has 0 unspecified atom stereocenters. The molecule has 254 valence electrons. The summed E-state index contributed by atoms with van der Waals surface area (Å²) in [5.41, 5.74) is 3.67. The number of carbonyl (C=O) groups is 1. The molecule has 1 aliphatic carbocycles. The summed E-state index contributed by atoms with van der Waals surface area (Å²) in [5.74, 6) is -0.101. The van der Waals surface area contributed by atoms with E-state index in [9.17, 15) is 27.2 Å². The highest BCUT2D eigenvalue weighted by atomic mass is 35.5. The molecular formula is C37H39ClF4N4O2. The fourth-order valence-electron chi connectivity index (χ4n) is 6.19. The van der Waals surface area contributed by atoms with Gasteiger partial charge in [0.1, 0.15) is 18.2 Å². The fourth-order valence-corrected chi connectivity index (χ4v) is 6.39. The van der Waals surface area contributed by atoms with Crippen molar-refractivity contribution in [1.82, 2.24) is 19.4 Å². The summed E-state index contributed by atoms with van der Waals surface area (Å²) in [4.78, 5) is 35.5. The monoisotopic (exact) mass is 682 g/mol. The highest BCUT2D eigenvalue weighted by molar-refractivity contribution is 6.30. The van der Waals surface area contributed by atoms with E-state index in [1.165, 1.54) is 18.2 Å². The molecule has 0 saturated carbocycles. The number of fused-ring (bicyclic) bond motifs is 1. The Morgan fingerprint density at radius 3 is 2.17 bits per heavy atom. The third kappa shape index (κ3) is 8.52. The SMILES string of the molecule is CCN(CC)CCN(Cc1ccc(-c2ccc(C(F)(F)F)cc2)cc1)C(=O)Cn1c(CCc2ccc(F)c(Cl)c2)nc(=O)c2c1CCC2. The number of alkyl halides is 3. The summed E-state index contributed by atoms with van der Waals surface area (Å²) in [7, 11) is 0. The summed E-state index contributed by atoms with van der Waals surface area (Å²) >= 11 is 6.00. The lowest BCUT2D eigenvalue weighted by Gasteiger charge is -2.28. The van der Waals surface area contributed by atoms with Crippen LogP contribution in [0.25, 0.3) is 11.1 Å². The minimum Gasteiger partial charge on any atom is -0.336 e. The molecule has 1 aromatic heterocycles. The topological polar surface area (TPSA) is 58.4 Å². The molecule has 0 N–H and O–H groups in total. The van der Waals surface area contributed by atoms with Crippen molar-refractivity contribution in [2.24, 2.45) is 0 Å². The van der Waals surface area contributed by atoms with Crippen LogP contribution in [0.4, 0.5) is 17.6 Å². The number of halogens is 5. The van der Waals surface area contributed by atoms with Gasteiger partial charge < -0.3 is 14.4 Å². The van der Waals surface area contributed by atoms with Gasteiger partial charge in [0.15, 0.2) is 0 Å². The fraction of sp³-hybridized carbons (Fsp3) is 0.378. The van der Waals surface area contributed by atoms with Crippen molar-refractivity contribution >= 4 is 17.5 Å². The Kier molecular flexibility index (Phi) is 11.4. The van der Waals surface area contributed by atoms with Crippen LogP contribution in [0.1, 0.15) is 54.0 Å². The van der Waals surface area contributed by atoms with E-state index in [-0.39, 0.29) is 23.0 Å². The Morgan fingerprint density at radius 1 is 0.896 bits per heavy atom. The van der Waals surface area contributed by atoms with Crippen molar-refractivity contribution in [2.75, 3.05) is 26.2 Å². The van der Waals surface area contributed by atoms with Crippen molar-refractivity contribution in [2.45, 2.75) is 65.2 Å². The van der Waals surface area contributed by atoms with Crippen molar-refractivity contribution < 1.29 is 22.4 Å². The van der Waals surface area contributed by atoms with Crippen LogP contribution < -0.4 is 5.56 Å². The summed E-state index contributed by atoms with van der Waals surface area (Å²) < 4.78 is 54.7. The molecule has 48 heavy (non-hydrogen) atoms. The van der Waals surface area contributed by atoms with E-state index in [4.69, 9.17) is 11.6 Å². The van der Waals surface area contributed by atoms with Crippen LogP contribution in [0.15, 0.2) is 71.5 Å². The van der Waals surface area contributed by atoms with Crippen molar-refractivity contribution in [3.8, 4) is 11.1 Å². The van der Waals surface area contributed by atoms with Crippen LogP contribution in [-0.4, -0.2) is 51.4 Å². The maximum Gasteiger partial charge on any atom is 0.416 e. The van der Waals surface area contributed by atoms with Gasteiger partial charge >= 0.3 is 6.18 Å². The Bertz CT molecular complexity index is 1790. The first-order valence-corrected chi connectivity index (χ1v) is 16.7. The number of rotatable bonds is 13. The zero-order valence-electron chi connectivity index (χ0n) is 27.1. The van der Waals surface area contributed by atoms with Gasteiger partial charge in [-0.05, 0) is 85.3 Å². The maximum atomic E-state index is 14.1. The second-order valence-electron chi connectivity index (χ2n) is 12.1. The maximum absolute atomic E-state index is 14.1. The van der Waals surface area contributed by atoms with Crippen molar-refractivity contribution in [3.63, 3.8) is 0 Å². The molecule has 0 saturated heterocycles. The largest absolute Gasteiger partial charge is 0.416 e. The van der Waals surface area contributed by atoms with E-state index in [1.54, 1.807) is 12.1 Å². The molecule has 6 nitrogen and oxygen atoms in total.